The number of anilines is 1. The zero-order valence-electron chi connectivity index (χ0n) is 15.2. The number of thioether (sulfide) groups is 1. The van der Waals surface area contributed by atoms with Gasteiger partial charge in [0.25, 0.3) is 0 Å². The van der Waals surface area contributed by atoms with Gasteiger partial charge in [-0.2, -0.15) is 0 Å². The maximum Gasteiger partial charge on any atom is 0.228 e. The second-order valence-electron chi connectivity index (χ2n) is 6.51. The standard InChI is InChI=1S/C18H25FN4O2S/c1-14(2)13-23-17(22-7-9-24-10-8-22)20-21-18(23)26-12-11-25-16-6-4-3-5-15(16)19/h3-6,14H,7-13H2,1-2H3. The van der Waals surface area contributed by atoms with Crippen molar-refractivity contribution in [2.75, 3.05) is 43.6 Å². The molecule has 8 heteroatoms. The lowest BCUT2D eigenvalue weighted by Crippen LogP contribution is -2.38. The third kappa shape index (κ3) is 4.88. The monoisotopic (exact) mass is 380 g/mol. The van der Waals surface area contributed by atoms with E-state index in [4.69, 9.17) is 9.47 Å². The van der Waals surface area contributed by atoms with E-state index >= 15 is 0 Å². The highest BCUT2D eigenvalue weighted by Crippen LogP contribution is 2.24. The van der Waals surface area contributed by atoms with E-state index in [0.717, 1.165) is 30.7 Å². The molecule has 1 fully saturated rings. The van der Waals surface area contributed by atoms with Crippen molar-refractivity contribution in [3.8, 4) is 5.75 Å². The summed E-state index contributed by atoms with van der Waals surface area (Å²) in [6.45, 7) is 8.72. The van der Waals surface area contributed by atoms with Crippen LogP contribution in [0.5, 0.6) is 5.75 Å². The molecule has 0 aliphatic carbocycles. The van der Waals surface area contributed by atoms with Crippen molar-refractivity contribution in [1.82, 2.24) is 14.8 Å². The van der Waals surface area contributed by atoms with Crippen LogP contribution in [0, 0.1) is 11.7 Å². The molecular weight excluding hydrogens is 355 g/mol. The summed E-state index contributed by atoms with van der Waals surface area (Å²) < 4.78 is 26.7. The highest BCUT2D eigenvalue weighted by atomic mass is 32.2. The molecule has 0 bridgehead atoms. The van der Waals surface area contributed by atoms with Gasteiger partial charge in [-0.1, -0.05) is 37.7 Å². The first-order chi connectivity index (χ1) is 12.6. The quantitative estimate of drug-likeness (QED) is 0.518. The van der Waals surface area contributed by atoms with E-state index in [-0.39, 0.29) is 11.6 Å². The molecule has 26 heavy (non-hydrogen) atoms. The SMILES string of the molecule is CC(C)Cn1c(SCCOc2ccccc2F)nnc1N1CCOCC1. The maximum absolute atomic E-state index is 13.6. The van der Waals surface area contributed by atoms with Gasteiger partial charge >= 0.3 is 0 Å². The zero-order valence-corrected chi connectivity index (χ0v) is 16.0. The molecular formula is C18H25FN4O2S. The van der Waals surface area contributed by atoms with E-state index in [1.165, 1.54) is 6.07 Å². The molecule has 6 nitrogen and oxygen atoms in total. The minimum Gasteiger partial charge on any atom is -0.490 e. The van der Waals surface area contributed by atoms with Crippen LogP contribution in [-0.4, -0.2) is 53.4 Å². The summed E-state index contributed by atoms with van der Waals surface area (Å²) in [4.78, 5) is 2.22. The topological polar surface area (TPSA) is 52.4 Å². The van der Waals surface area contributed by atoms with Crippen LogP contribution in [0.1, 0.15) is 13.8 Å². The molecule has 3 rings (SSSR count). The molecule has 0 unspecified atom stereocenters. The van der Waals surface area contributed by atoms with E-state index in [0.29, 0.717) is 31.5 Å². The van der Waals surface area contributed by atoms with Crippen LogP contribution < -0.4 is 9.64 Å². The van der Waals surface area contributed by atoms with E-state index < -0.39 is 0 Å². The van der Waals surface area contributed by atoms with Crippen LogP contribution in [0.4, 0.5) is 10.3 Å². The van der Waals surface area contributed by atoms with Gasteiger partial charge in [0.1, 0.15) is 0 Å². The predicted molar refractivity (Wildman–Crippen MR) is 101 cm³/mol. The highest BCUT2D eigenvalue weighted by Gasteiger charge is 2.21. The van der Waals surface area contributed by atoms with E-state index in [2.05, 4.69) is 33.5 Å². The number of hydrogen-bond acceptors (Lipinski definition) is 6. The van der Waals surface area contributed by atoms with Gasteiger partial charge in [-0.05, 0) is 18.1 Å². The minimum absolute atomic E-state index is 0.283. The number of hydrogen-bond donors (Lipinski definition) is 0. The normalized spacial score (nSPS) is 14.8. The summed E-state index contributed by atoms with van der Waals surface area (Å²) in [6.07, 6.45) is 0. The van der Waals surface area contributed by atoms with Crippen LogP contribution >= 0.6 is 11.8 Å². The summed E-state index contributed by atoms with van der Waals surface area (Å²) in [5.74, 6) is 2.01. The third-order valence-electron chi connectivity index (χ3n) is 3.95. The first-order valence-electron chi connectivity index (χ1n) is 8.91. The second-order valence-corrected chi connectivity index (χ2v) is 7.58. The van der Waals surface area contributed by atoms with Gasteiger partial charge < -0.3 is 14.4 Å². The van der Waals surface area contributed by atoms with Crippen LogP contribution in [0.2, 0.25) is 0 Å². The van der Waals surface area contributed by atoms with Crippen molar-refractivity contribution in [3.05, 3.63) is 30.1 Å². The number of halogens is 1. The molecule has 2 heterocycles. The zero-order chi connectivity index (χ0) is 18.4. The van der Waals surface area contributed by atoms with Gasteiger partial charge in [-0.25, -0.2) is 4.39 Å². The Bertz CT molecular complexity index is 704. The molecule has 142 valence electrons. The van der Waals surface area contributed by atoms with Gasteiger partial charge in [0.15, 0.2) is 16.7 Å². The lowest BCUT2D eigenvalue weighted by Gasteiger charge is -2.28. The third-order valence-corrected chi connectivity index (χ3v) is 4.88. The average Bonchev–Trinajstić information content (AvgIpc) is 3.03. The molecule has 0 radical (unpaired) electrons. The van der Waals surface area contributed by atoms with Gasteiger partial charge in [0, 0.05) is 25.4 Å². The molecule has 2 aromatic rings. The Morgan fingerprint density at radius 3 is 2.73 bits per heavy atom. The first kappa shape index (κ1) is 19.0. The van der Waals surface area contributed by atoms with Crippen molar-refractivity contribution >= 4 is 17.7 Å². The van der Waals surface area contributed by atoms with Crippen molar-refractivity contribution < 1.29 is 13.9 Å². The van der Waals surface area contributed by atoms with Crippen molar-refractivity contribution in [2.45, 2.75) is 25.5 Å². The minimum atomic E-state index is -0.338. The van der Waals surface area contributed by atoms with Crippen LogP contribution in [0.25, 0.3) is 0 Å². The van der Waals surface area contributed by atoms with Crippen LogP contribution in [-0.2, 0) is 11.3 Å². The van der Waals surface area contributed by atoms with Crippen LogP contribution in [0.15, 0.2) is 29.4 Å². The van der Waals surface area contributed by atoms with E-state index in [1.807, 2.05) is 0 Å². The molecule has 1 aromatic heterocycles. The van der Waals surface area contributed by atoms with Crippen molar-refractivity contribution in [3.63, 3.8) is 0 Å². The van der Waals surface area contributed by atoms with Gasteiger partial charge in [0.2, 0.25) is 5.95 Å². The average molecular weight is 380 g/mol. The Morgan fingerprint density at radius 1 is 1.23 bits per heavy atom. The number of nitrogens with zero attached hydrogens (tertiary/aromatic N) is 4. The van der Waals surface area contributed by atoms with Gasteiger partial charge in [-0.15, -0.1) is 10.2 Å². The summed E-state index contributed by atoms with van der Waals surface area (Å²) in [5, 5.41) is 9.65. The fourth-order valence-electron chi connectivity index (χ4n) is 2.76. The fraction of sp³-hybridized carbons (Fsp3) is 0.556. The number of aromatic nitrogens is 3. The maximum atomic E-state index is 13.6. The Morgan fingerprint density at radius 2 is 2.00 bits per heavy atom. The fourth-order valence-corrected chi connectivity index (χ4v) is 3.52. The smallest absolute Gasteiger partial charge is 0.228 e. The van der Waals surface area contributed by atoms with Gasteiger partial charge in [0.05, 0.1) is 19.8 Å². The highest BCUT2D eigenvalue weighted by molar-refractivity contribution is 7.99. The molecule has 1 aliphatic heterocycles. The molecule has 0 spiro atoms. The molecule has 1 saturated heterocycles. The summed E-state index contributed by atoms with van der Waals surface area (Å²) >= 11 is 1.58. The molecule has 0 saturated carbocycles. The Kier molecular flexibility index (Phi) is 6.73. The summed E-state index contributed by atoms with van der Waals surface area (Å²) in [7, 11) is 0. The number of ether oxygens (including phenoxy) is 2. The largest absolute Gasteiger partial charge is 0.490 e. The Hall–Kier alpha value is -1.80. The van der Waals surface area contributed by atoms with E-state index in [1.54, 1.807) is 30.0 Å². The lowest BCUT2D eigenvalue weighted by molar-refractivity contribution is 0.121. The molecule has 0 amide bonds. The Balaban J connectivity index is 1.61. The molecule has 1 aliphatic rings. The number of para-hydroxylation sites is 1. The molecule has 0 atom stereocenters. The predicted octanol–water partition coefficient (Wildman–Crippen LogP) is 3.08. The summed E-state index contributed by atoms with van der Waals surface area (Å²) in [6, 6.07) is 6.45. The number of benzene rings is 1. The van der Waals surface area contributed by atoms with Gasteiger partial charge in [-0.3, -0.25) is 4.57 Å². The number of rotatable bonds is 8. The number of morpholine rings is 1. The summed E-state index contributed by atoms with van der Waals surface area (Å²) in [5.41, 5.74) is 0. The molecule has 1 aromatic carbocycles. The van der Waals surface area contributed by atoms with Crippen molar-refractivity contribution in [2.24, 2.45) is 5.92 Å². The van der Waals surface area contributed by atoms with Crippen molar-refractivity contribution in [1.29, 1.82) is 0 Å². The van der Waals surface area contributed by atoms with E-state index in [9.17, 15) is 4.39 Å². The molecule has 0 N–H and O–H groups in total. The lowest BCUT2D eigenvalue weighted by atomic mass is 10.2. The first-order valence-corrected chi connectivity index (χ1v) is 9.89. The van der Waals surface area contributed by atoms with Crippen LogP contribution in [0.3, 0.4) is 0 Å². The second kappa shape index (κ2) is 9.23. The Labute approximate surface area is 157 Å².